The predicted molar refractivity (Wildman–Crippen MR) is 50.6 cm³/mol. The number of hydrogen-bond donors (Lipinski definition) is 0. The molecule has 1 saturated carbocycles. The van der Waals surface area contributed by atoms with Crippen molar-refractivity contribution >= 4 is 0 Å². The third kappa shape index (κ3) is 2.21. The fourth-order valence-electron chi connectivity index (χ4n) is 2.50. The van der Waals surface area contributed by atoms with Crippen LogP contribution >= 0.6 is 0 Å². The molecule has 0 nitrogen and oxygen atoms in total. The van der Waals surface area contributed by atoms with Gasteiger partial charge in [0.2, 0.25) is 0 Å². The van der Waals surface area contributed by atoms with Crippen LogP contribution in [0.3, 0.4) is 0 Å². The molecule has 0 N–H and O–H groups in total. The van der Waals surface area contributed by atoms with Gasteiger partial charge in [-0.25, -0.2) is 0 Å². The third-order valence-corrected chi connectivity index (χ3v) is 3.47. The van der Waals surface area contributed by atoms with E-state index in [0.717, 1.165) is 5.92 Å². The molecule has 0 amide bonds. The standard InChI is InChI=1S/C11H22/c1-4-10-8-6-5-7-9-11(10,2)3/h10H,4-9H2,1-3H3. The summed E-state index contributed by atoms with van der Waals surface area (Å²) in [6.07, 6.45) is 8.72. The van der Waals surface area contributed by atoms with Crippen LogP contribution in [0.2, 0.25) is 0 Å². The minimum absolute atomic E-state index is 0.630. The largest absolute Gasteiger partial charge is 0.0651 e. The highest BCUT2D eigenvalue weighted by atomic mass is 14.3. The van der Waals surface area contributed by atoms with Crippen molar-refractivity contribution in [3.8, 4) is 0 Å². The van der Waals surface area contributed by atoms with Gasteiger partial charge in [-0.3, -0.25) is 0 Å². The number of rotatable bonds is 1. The third-order valence-electron chi connectivity index (χ3n) is 3.47. The smallest absolute Gasteiger partial charge is 0.0326 e. The molecule has 1 aliphatic rings. The predicted octanol–water partition coefficient (Wildman–Crippen LogP) is 4.00. The highest BCUT2D eigenvalue weighted by molar-refractivity contribution is 4.79. The SMILES string of the molecule is CCC1CCCCCC1(C)C. The van der Waals surface area contributed by atoms with Crippen LogP contribution in [0.5, 0.6) is 0 Å². The molecule has 0 spiro atoms. The van der Waals surface area contributed by atoms with E-state index in [2.05, 4.69) is 20.8 Å². The van der Waals surface area contributed by atoms with E-state index in [9.17, 15) is 0 Å². The summed E-state index contributed by atoms with van der Waals surface area (Å²) in [7, 11) is 0. The highest BCUT2D eigenvalue weighted by Crippen LogP contribution is 2.40. The maximum atomic E-state index is 2.45. The Morgan fingerprint density at radius 2 is 1.91 bits per heavy atom. The second-order valence-electron chi connectivity index (χ2n) is 4.69. The van der Waals surface area contributed by atoms with Crippen LogP contribution < -0.4 is 0 Å². The van der Waals surface area contributed by atoms with E-state index >= 15 is 0 Å². The molecule has 1 aliphatic carbocycles. The van der Waals surface area contributed by atoms with Crippen LogP contribution in [0.4, 0.5) is 0 Å². The van der Waals surface area contributed by atoms with Crippen molar-refractivity contribution in [2.24, 2.45) is 11.3 Å². The molecule has 0 heterocycles. The fourth-order valence-corrected chi connectivity index (χ4v) is 2.50. The van der Waals surface area contributed by atoms with E-state index in [0.29, 0.717) is 5.41 Å². The van der Waals surface area contributed by atoms with Crippen LogP contribution in [0.1, 0.15) is 59.3 Å². The van der Waals surface area contributed by atoms with Gasteiger partial charge in [0.05, 0.1) is 0 Å². The first kappa shape index (κ1) is 9.09. The lowest BCUT2D eigenvalue weighted by Crippen LogP contribution is -2.21. The van der Waals surface area contributed by atoms with Crippen LogP contribution in [-0.2, 0) is 0 Å². The Bertz CT molecular complexity index is 113. The quantitative estimate of drug-likeness (QED) is 0.501. The lowest BCUT2D eigenvalue weighted by atomic mass is 9.74. The molecule has 0 heteroatoms. The second-order valence-corrected chi connectivity index (χ2v) is 4.69. The molecular weight excluding hydrogens is 132 g/mol. The molecule has 1 atom stereocenters. The van der Waals surface area contributed by atoms with Crippen LogP contribution in [0.25, 0.3) is 0 Å². The molecule has 1 unspecified atom stereocenters. The van der Waals surface area contributed by atoms with E-state index in [1.165, 1.54) is 38.5 Å². The maximum Gasteiger partial charge on any atom is -0.0326 e. The molecule has 11 heavy (non-hydrogen) atoms. The van der Waals surface area contributed by atoms with Crippen molar-refractivity contribution < 1.29 is 0 Å². The number of hydrogen-bond acceptors (Lipinski definition) is 0. The summed E-state index contributed by atoms with van der Waals surface area (Å²) in [6, 6.07) is 0. The first-order valence-corrected chi connectivity index (χ1v) is 5.17. The van der Waals surface area contributed by atoms with Gasteiger partial charge < -0.3 is 0 Å². The molecule has 0 saturated heterocycles. The molecular formula is C11H22. The molecule has 0 radical (unpaired) electrons. The molecule has 0 bridgehead atoms. The van der Waals surface area contributed by atoms with Crippen molar-refractivity contribution in [1.82, 2.24) is 0 Å². The topological polar surface area (TPSA) is 0 Å². The summed E-state index contributed by atoms with van der Waals surface area (Å²) in [5.74, 6) is 0.991. The summed E-state index contributed by atoms with van der Waals surface area (Å²) < 4.78 is 0. The van der Waals surface area contributed by atoms with Gasteiger partial charge in [-0.1, -0.05) is 46.5 Å². The van der Waals surface area contributed by atoms with E-state index in [1.807, 2.05) is 0 Å². The van der Waals surface area contributed by atoms with Gasteiger partial charge in [-0.15, -0.1) is 0 Å². The van der Waals surface area contributed by atoms with Gasteiger partial charge >= 0.3 is 0 Å². The Balaban J connectivity index is 2.56. The monoisotopic (exact) mass is 154 g/mol. The average Bonchev–Trinajstić information content (AvgIpc) is 2.10. The molecule has 66 valence electrons. The van der Waals surface area contributed by atoms with Crippen molar-refractivity contribution in [2.75, 3.05) is 0 Å². The zero-order chi connectivity index (χ0) is 8.32. The summed E-state index contributed by atoms with van der Waals surface area (Å²) in [5.41, 5.74) is 0.630. The Kier molecular flexibility index (Phi) is 2.98. The summed E-state index contributed by atoms with van der Waals surface area (Å²) in [6.45, 7) is 7.25. The molecule has 0 aromatic rings. The van der Waals surface area contributed by atoms with Crippen LogP contribution in [0, 0.1) is 11.3 Å². The Morgan fingerprint density at radius 3 is 2.55 bits per heavy atom. The van der Waals surface area contributed by atoms with E-state index in [-0.39, 0.29) is 0 Å². The van der Waals surface area contributed by atoms with Crippen LogP contribution in [-0.4, -0.2) is 0 Å². The Labute approximate surface area is 71.4 Å². The molecule has 0 aromatic carbocycles. The van der Waals surface area contributed by atoms with Crippen molar-refractivity contribution in [1.29, 1.82) is 0 Å². The minimum atomic E-state index is 0.630. The fraction of sp³-hybridized carbons (Fsp3) is 1.00. The van der Waals surface area contributed by atoms with Gasteiger partial charge in [-0.05, 0) is 24.2 Å². The molecule has 1 fully saturated rings. The van der Waals surface area contributed by atoms with Gasteiger partial charge in [-0.2, -0.15) is 0 Å². The molecule has 0 aromatic heterocycles. The lowest BCUT2D eigenvalue weighted by molar-refractivity contribution is 0.191. The maximum absolute atomic E-state index is 2.45. The second kappa shape index (κ2) is 3.60. The van der Waals surface area contributed by atoms with Gasteiger partial charge in [0.15, 0.2) is 0 Å². The van der Waals surface area contributed by atoms with Gasteiger partial charge in [0, 0.05) is 0 Å². The van der Waals surface area contributed by atoms with Crippen molar-refractivity contribution in [3.05, 3.63) is 0 Å². The zero-order valence-electron chi connectivity index (χ0n) is 8.32. The van der Waals surface area contributed by atoms with Crippen molar-refractivity contribution in [3.63, 3.8) is 0 Å². The summed E-state index contributed by atoms with van der Waals surface area (Å²) in [4.78, 5) is 0. The molecule has 1 rings (SSSR count). The van der Waals surface area contributed by atoms with Crippen LogP contribution in [0.15, 0.2) is 0 Å². The highest BCUT2D eigenvalue weighted by Gasteiger charge is 2.28. The Hall–Kier alpha value is 0. The minimum Gasteiger partial charge on any atom is -0.0651 e. The first-order valence-electron chi connectivity index (χ1n) is 5.17. The van der Waals surface area contributed by atoms with Crippen molar-refractivity contribution in [2.45, 2.75) is 59.3 Å². The van der Waals surface area contributed by atoms with Gasteiger partial charge in [0.1, 0.15) is 0 Å². The van der Waals surface area contributed by atoms with Gasteiger partial charge in [0.25, 0.3) is 0 Å². The summed E-state index contributed by atoms with van der Waals surface area (Å²) >= 11 is 0. The van der Waals surface area contributed by atoms with E-state index in [4.69, 9.17) is 0 Å². The first-order chi connectivity index (χ1) is 5.17. The average molecular weight is 154 g/mol. The lowest BCUT2D eigenvalue weighted by Gasteiger charge is -2.31. The van der Waals surface area contributed by atoms with E-state index in [1.54, 1.807) is 0 Å². The zero-order valence-corrected chi connectivity index (χ0v) is 8.32. The summed E-state index contributed by atoms with van der Waals surface area (Å²) in [5, 5.41) is 0. The Morgan fingerprint density at radius 1 is 1.18 bits per heavy atom. The molecule has 0 aliphatic heterocycles. The van der Waals surface area contributed by atoms with E-state index < -0.39 is 0 Å². The normalized spacial score (nSPS) is 31.4.